The summed E-state index contributed by atoms with van der Waals surface area (Å²) < 4.78 is 33.0. The molecule has 2 aromatic rings. The van der Waals surface area contributed by atoms with E-state index in [1.54, 1.807) is 12.3 Å². The molecule has 0 saturated carbocycles. The largest absolute Gasteiger partial charge is 0.542 e. The van der Waals surface area contributed by atoms with E-state index in [-0.39, 0.29) is 18.9 Å². The van der Waals surface area contributed by atoms with Crippen LogP contribution in [-0.2, 0) is 16.1 Å². The lowest BCUT2D eigenvalue weighted by atomic mass is 10.3. The van der Waals surface area contributed by atoms with Crippen LogP contribution in [0.1, 0.15) is 16.8 Å². The van der Waals surface area contributed by atoms with Gasteiger partial charge in [-0.1, -0.05) is 4.68 Å². The van der Waals surface area contributed by atoms with Crippen molar-refractivity contribution in [2.75, 3.05) is 5.32 Å². The topological polar surface area (TPSA) is 149 Å². The Morgan fingerprint density at radius 2 is 1.89 bits per heavy atom. The summed E-state index contributed by atoms with van der Waals surface area (Å²) in [6, 6.07) is 1.56. The van der Waals surface area contributed by atoms with E-state index in [1.807, 2.05) is 0 Å². The number of nitrogens with one attached hydrogen (secondary N) is 1. The summed E-state index contributed by atoms with van der Waals surface area (Å²) >= 11 is 0. The molecule has 0 aromatic carbocycles. The van der Waals surface area contributed by atoms with Crippen LogP contribution >= 0.6 is 0 Å². The van der Waals surface area contributed by atoms with Crippen LogP contribution in [0.5, 0.6) is 0 Å². The lowest BCUT2D eigenvalue weighted by Gasteiger charge is -2.03. The number of nitrogens with zero attached hydrogens (tertiary/aromatic N) is 4. The maximum atomic E-state index is 11.9. The third-order valence-corrected chi connectivity index (χ3v) is 2.62. The lowest BCUT2D eigenvalue weighted by molar-refractivity contribution is -0.753. The highest BCUT2D eigenvalue weighted by molar-refractivity contribution is 6.03. The van der Waals surface area contributed by atoms with E-state index in [0.29, 0.717) is 11.4 Å². The number of carboxylic acids is 2. The Morgan fingerprint density at radius 1 is 1.22 bits per heavy atom. The molecular weight excluding hydrogens is 375 g/mol. The van der Waals surface area contributed by atoms with Gasteiger partial charge in [0.15, 0.2) is 18.6 Å². The Morgan fingerprint density at radius 3 is 2.33 bits per heavy atom. The van der Waals surface area contributed by atoms with Gasteiger partial charge in [-0.25, -0.2) is 4.98 Å². The molecule has 0 aliphatic heterocycles. The van der Waals surface area contributed by atoms with Crippen LogP contribution in [0.25, 0.3) is 0 Å². The highest BCUT2D eigenvalue weighted by Gasteiger charge is 2.28. The first kappa shape index (κ1) is 21.4. The van der Waals surface area contributed by atoms with Gasteiger partial charge in [0.1, 0.15) is 18.6 Å². The van der Waals surface area contributed by atoms with Gasteiger partial charge in [0.2, 0.25) is 0 Å². The molecule has 0 aliphatic rings. The zero-order valence-electron chi connectivity index (χ0n) is 13.4. The molecule has 0 bridgehead atoms. The van der Waals surface area contributed by atoms with E-state index in [4.69, 9.17) is 15.0 Å². The van der Waals surface area contributed by atoms with Crippen LogP contribution in [0, 0.1) is 0 Å². The predicted octanol–water partition coefficient (Wildman–Crippen LogP) is -0.815. The van der Waals surface area contributed by atoms with E-state index in [0.717, 1.165) is 0 Å². The maximum Gasteiger partial charge on any atom is 0.430 e. The van der Waals surface area contributed by atoms with Crippen molar-refractivity contribution in [2.45, 2.75) is 19.1 Å². The average Bonchev–Trinajstić information content (AvgIpc) is 2.61. The number of halogens is 3. The van der Waals surface area contributed by atoms with E-state index < -0.39 is 18.1 Å². The summed E-state index contributed by atoms with van der Waals surface area (Å²) in [6.45, 7) is 0.251. The molecule has 13 heteroatoms. The van der Waals surface area contributed by atoms with Crippen LogP contribution in [0.3, 0.4) is 0 Å². The van der Waals surface area contributed by atoms with Crippen molar-refractivity contribution in [1.29, 1.82) is 0 Å². The van der Waals surface area contributed by atoms with Crippen LogP contribution in [-0.4, -0.2) is 44.2 Å². The first-order valence-corrected chi connectivity index (χ1v) is 7.02. The van der Waals surface area contributed by atoms with Gasteiger partial charge in [0, 0.05) is 18.5 Å². The number of carboxylic acid groups (broad SMARTS) is 2. The summed E-state index contributed by atoms with van der Waals surface area (Å²) in [5.74, 6) is -3.92. The molecule has 0 atom stereocenters. The number of aliphatic carboxylic acids is 2. The third kappa shape index (κ3) is 8.33. The summed E-state index contributed by atoms with van der Waals surface area (Å²) in [6.07, 6.45) is 2.11. The molecule has 10 nitrogen and oxygen atoms in total. The number of rotatable bonds is 5. The molecule has 2 N–H and O–H groups in total. The molecule has 27 heavy (non-hydrogen) atoms. The summed E-state index contributed by atoms with van der Waals surface area (Å²) in [4.78, 5) is 38.8. The number of anilines is 1. The normalized spacial score (nSPS) is 10.3. The first-order valence-electron chi connectivity index (χ1n) is 7.02. The molecule has 0 fully saturated rings. The molecule has 2 rings (SSSR count). The number of hydrogen-bond donors (Lipinski definition) is 2. The monoisotopic (exact) mass is 387 g/mol. The number of alkyl halides is 3. The van der Waals surface area contributed by atoms with Gasteiger partial charge in [-0.2, -0.15) is 13.2 Å². The molecule has 0 aliphatic carbocycles. The van der Waals surface area contributed by atoms with Gasteiger partial charge in [-0.3, -0.25) is 14.6 Å². The Kier molecular flexibility index (Phi) is 7.72. The van der Waals surface area contributed by atoms with E-state index in [2.05, 4.69) is 20.4 Å². The minimum absolute atomic E-state index is 0.0250. The first-order chi connectivity index (χ1) is 12.6. The molecule has 144 valence electrons. The van der Waals surface area contributed by atoms with Crippen molar-refractivity contribution >= 4 is 23.7 Å². The zero-order chi connectivity index (χ0) is 20.4. The maximum absolute atomic E-state index is 11.9. The highest BCUT2D eigenvalue weighted by atomic mass is 19.4. The van der Waals surface area contributed by atoms with Crippen LogP contribution in [0.2, 0.25) is 0 Å². The number of aromatic nitrogens is 4. The number of carbonyl (C=O) groups excluding carboxylic acids is 2. The SMILES string of the molecule is O=C(O)CC[n+]1ccc(C(=O)Nc2cnccn2)cn1.O=C([O-])C(F)(F)F. The predicted molar refractivity (Wildman–Crippen MR) is 77.7 cm³/mol. The van der Waals surface area contributed by atoms with Crippen LogP contribution < -0.4 is 15.1 Å². The van der Waals surface area contributed by atoms with Gasteiger partial charge in [0.05, 0.1) is 11.8 Å². The molecule has 2 aromatic heterocycles. The van der Waals surface area contributed by atoms with Crippen LogP contribution in [0.4, 0.5) is 19.0 Å². The van der Waals surface area contributed by atoms with Gasteiger partial charge in [-0.05, 0) is 5.10 Å². The van der Waals surface area contributed by atoms with Crippen molar-refractivity contribution in [1.82, 2.24) is 15.1 Å². The lowest BCUT2D eigenvalue weighted by Crippen LogP contribution is -2.38. The fourth-order valence-corrected chi connectivity index (χ4v) is 1.41. The Balaban J connectivity index is 0.000000445. The second kappa shape index (κ2) is 9.74. The molecular formula is C14H12F3N5O5. The van der Waals surface area contributed by atoms with Crippen molar-refractivity contribution in [3.05, 3.63) is 42.6 Å². The van der Waals surface area contributed by atoms with Gasteiger partial charge in [0.25, 0.3) is 5.91 Å². The van der Waals surface area contributed by atoms with Crippen molar-refractivity contribution in [2.24, 2.45) is 0 Å². The van der Waals surface area contributed by atoms with Gasteiger partial charge in [-0.15, -0.1) is 0 Å². The number of carbonyl (C=O) groups is 3. The Hall–Kier alpha value is -3.64. The highest BCUT2D eigenvalue weighted by Crippen LogP contribution is 2.11. The molecule has 2 heterocycles. The fourth-order valence-electron chi connectivity index (χ4n) is 1.41. The molecule has 0 radical (unpaired) electrons. The van der Waals surface area contributed by atoms with Gasteiger partial charge < -0.3 is 20.3 Å². The Labute approximate surface area is 149 Å². The summed E-state index contributed by atoms with van der Waals surface area (Å²) in [5, 5.41) is 23.9. The number of hydrogen-bond acceptors (Lipinski definition) is 7. The Bertz CT molecular complexity index is 784. The average molecular weight is 387 g/mol. The fraction of sp³-hybridized carbons (Fsp3) is 0.214. The van der Waals surface area contributed by atoms with Crippen molar-refractivity contribution in [3.63, 3.8) is 0 Å². The smallest absolute Gasteiger partial charge is 0.430 e. The number of aryl methyl sites for hydroxylation is 1. The van der Waals surface area contributed by atoms with Crippen LogP contribution in [0.15, 0.2) is 37.1 Å². The van der Waals surface area contributed by atoms with Gasteiger partial charge >= 0.3 is 12.1 Å². The second-order valence-electron chi connectivity index (χ2n) is 4.65. The minimum atomic E-state index is -5.19. The van der Waals surface area contributed by atoms with E-state index in [1.165, 1.54) is 29.5 Å². The summed E-state index contributed by atoms with van der Waals surface area (Å²) in [5.41, 5.74) is 0.349. The number of amides is 1. The van der Waals surface area contributed by atoms with Crippen molar-refractivity contribution < 1.29 is 42.4 Å². The van der Waals surface area contributed by atoms with E-state index in [9.17, 15) is 22.8 Å². The second-order valence-corrected chi connectivity index (χ2v) is 4.65. The quantitative estimate of drug-likeness (QED) is 0.632. The molecule has 1 amide bonds. The third-order valence-electron chi connectivity index (χ3n) is 2.62. The minimum Gasteiger partial charge on any atom is -0.542 e. The molecule has 0 unspecified atom stereocenters. The molecule has 0 saturated heterocycles. The van der Waals surface area contributed by atoms with Crippen molar-refractivity contribution in [3.8, 4) is 0 Å². The standard InChI is InChI=1S/C12H11N5O3.C2HF3O2/c18-11(19)2-6-17-5-1-9(7-15-17)12(20)16-10-8-13-3-4-14-10;3-2(4,5)1(6)7/h1,3-5,7-8H,2,6H2,(H-,14,15,16,18,19,20);(H,6,7). The molecule has 0 spiro atoms. The van der Waals surface area contributed by atoms with E-state index >= 15 is 0 Å². The summed E-state index contributed by atoms with van der Waals surface area (Å²) in [7, 11) is 0. The zero-order valence-corrected chi connectivity index (χ0v) is 13.4.